The normalized spacial score (nSPS) is 13.6. The lowest BCUT2D eigenvalue weighted by Gasteiger charge is -2.11. The van der Waals surface area contributed by atoms with Gasteiger partial charge < -0.3 is 4.57 Å². The van der Waals surface area contributed by atoms with Gasteiger partial charge in [-0.25, -0.2) is 8.42 Å². The van der Waals surface area contributed by atoms with Crippen LogP contribution in [0.3, 0.4) is 0 Å². The van der Waals surface area contributed by atoms with Gasteiger partial charge in [-0.2, -0.15) is 0 Å². The molecule has 2 heterocycles. The Hall–Kier alpha value is -2.67. The molecule has 26 heavy (non-hydrogen) atoms. The zero-order chi connectivity index (χ0) is 18.3. The summed E-state index contributed by atoms with van der Waals surface area (Å²) in [5.74, 6) is 1.77. The lowest BCUT2D eigenvalue weighted by Crippen LogP contribution is -2.13. The van der Waals surface area contributed by atoms with Gasteiger partial charge in [0.05, 0.1) is 4.90 Å². The third-order valence-electron chi connectivity index (χ3n) is 4.77. The fraction of sp³-hybridized carbons (Fsp3) is 0.263. The number of sulfonamides is 1. The van der Waals surface area contributed by atoms with E-state index in [1.54, 1.807) is 24.3 Å². The summed E-state index contributed by atoms with van der Waals surface area (Å²) in [7, 11) is -3.64. The Kier molecular flexibility index (Phi) is 4.03. The predicted octanol–water partition coefficient (Wildman–Crippen LogP) is 3.31. The molecule has 1 aliphatic heterocycles. The van der Waals surface area contributed by atoms with Crippen LogP contribution in [0.25, 0.3) is 11.4 Å². The molecule has 0 fully saturated rings. The summed E-state index contributed by atoms with van der Waals surface area (Å²) in [5, 5.41) is 8.48. The highest BCUT2D eigenvalue weighted by Crippen LogP contribution is 2.26. The molecule has 3 aromatic rings. The maximum atomic E-state index is 12.7. The molecule has 1 aliphatic rings. The van der Waals surface area contributed by atoms with Gasteiger partial charge in [0.15, 0.2) is 5.82 Å². The molecule has 0 saturated carbocycles. The summed E-state index contributed by atoms with van der Waals surface area (Å²) < 4.78 is 30.2. The number of aryl methyl sites for hydroxylation is 3. The number of benzene rings is 2. The molecule has 0 saturated heterocycles. The first kappa shape index (κ1) is 16.8. The van der Waals surface area contributed by atoms with Gasteiger partial charge >= 0.3 is 0 Å². The van der Waals surface area contributed by atoms with Gasteiger partial charge in [0.1, 0.15) is 5.82 Å². The number of fused-ring (bicyclic) bond motifs is 1. The van der Waals surface area contributed by atoms with Crippen LogP contribution in [-0.2, 0) is 23.0 Å². The predicted molar refractivity (Wildman–Crippen MR) is 101 cm³/mol. The minimum Gasteiger partial charge on any atom is -0.311 e. The fourth-order valence-corrected chi connectivity index (χ4v) is 4.32. The molecule has 2 aromatic carbocycles. The maximum Gasteiger partial charge on any atom is 0.261 e. The largest absolute Gasteiger partial charge is 0.311 e. The Bertz CT molecular complexity index is 1090. The van der Waals surface area contributed by atoms with Crippen LogP contribution >= 0.6 is 0 Å². The molecule has 4 rings (SSSR count). The first-order chi connectivity index (χ1) is 12.4. The number of aromatic nitrogens is 3. The maximum absolute atomic E-state index is 12.7. The van der Waals surface area contributed by atoms with E-state index >= 15 is 0 Å². The molecule has 7 heteroatoms. The fourth-order valence-electron chi connectivity index (χ4n) is 3.18. The Labute approximate surface area is 153 Å². The second-order valence-corrected chi connectivity index (χ2v) is 8.31. The summed E-state index contributed by atoms with van der Waals surface area (Å²) in [6.07, 6.45) is 2.00. The van der Waals surface area contributed by atoms with E-state index < -0.39 is 10.0 Å². The Morgan fingerprint density at radius 2 is 1.88 bits per heavy atom. The van der Waals surface area contributed by atoms with E-state index in [9.17, 15) is 8.42 Å². The van der Waals surface area contributed by atoms with Gasteiger partial charge in [-0.3, -0.25) is 4.72 Å². The number of hydrogen-bond acceptors (Lipinski definition) is 4. The number of rotatable bonds is 4. The van der Waals surface area contributed by atoms with Gasteiger partial charge in [-0.15, -0.1) is 10.2 Å². The average Bonchev–Trinajstić information content (AvgIpc) is 3.20. The molecular formula is C19H20N4O2S. The topological polar surface area (TPSA) is 76.9 Å². The standard InChI is InChI=1S/C19H20N4O2S/c1-13-8-9-17(11-14(13)2)26(24,25)22-16-6-3-5-15(12-16)19-21-20-18-7-4-10-23(18)19/h3,5-6,8-9,11-12,22H,4,7,10H2,1-2H3. The van der Waals surface area contributed by atoms with Crippen molar-refractivity contribution in [1.29, 1.82) is 0 Å². The van der Waals surface area contributed by atoms with Crippen LogP contribution in [0.15, 0.2) is 47.4 Å². The quantitative estimate of drug-likeness (QED) is 0.766. The van der Waals surface area contributed by atoms with E-state index in [0.29, 0.717) is 5.69 Å². The summed E-state index contributed by atoms with van der Waals surface area (Å²) in [6, 6.07) is 12.4. The molecule has 0 unspecified atom stereocenters. The van der Waals surface area contributed by atoms with E-state index in [1.165, 1.54) is 0 Å². The molecule has 6 nitrogen and oxygen atoms in total. The number of nitrogens with one attached hydrogen (secondary N) is 1. The lowest BCUT2D eigenvalue weighted by atomic mass is 10.1. The second kappa shape index (κ2) is 6.25. The van der Waals surface area contributed by atoms with Crippen molar-refractivity contribution in [3.8, 4) is 11.4 Å². The molecule has 0 aliphatic carbocycles. The summed E-state index contributed by atoms with van der Waals surface area (Å²) >= 11 is 0. The van der Waals surface area contributed by atoms with Crippen molar-refractivity contribution < 1.29 is 8.42 Å². The van der Waals surface area contributed by atoms with Gasteiger partial charge in [0.2, 0.25) is 0 Å². The zero-order valence-corrected chi connectivity index (χ0v) is 15.5. The number of hydrogen-bond donors (Lipinski definition) is 1. The van der Waals surface area contributed by atoms with E-state index in [-0.39, 0.29) is 4.90 Å². The van der Waals surface area contributed by atoms with E-state index in [2.05, 4.69) is 19.5 Å². The lowest BCUT2D eigenvalue weighted by molar-refractivity contribution is 0.601. The van der Waals surface area contributed by atoms with Crippen LogP contribution < -0.4 is 4.72 Å². The molecule has 0 spiro atoms. The highest BCUT2D eigenvalue weighted by molar-refractivity contribution is 7.92. The third kappa shape index (κ3) is 2.99. The van der Waals surface area contributed by atoms with Crippen molar-refractivity contribution in [3.05, 3.63) is 59.4 Å². The SMILES string of the molecule is Cc1ccc(S(=O)(=O)Nc2cccc(-c3nnc4n3CCC4)c2)cc1C. The molecule has 134 valence electrons. The minimum absolute atomic E-state index is 0.259. The summed E-state index contributed by atoms with van der Waals surface area (Å²) in [4.78, 5) is 0.259. The highest BCUT2D eigenvalue weighted by atomic mass is 32.2. The zero-order valence-electron chi connectivity index (χ0n) is 14.7. The molecule has 0 bridgehead atoms. The third-order valence-corrected chi connectivity index (χ3v) is 6.15. The van der Waals surface area contributed by atoms with Crippen molar-refractivity contribution in [2.75, 3.05) is 4.72 Å². The molecular weight excluding hydrogens is 348 g/mol. The average molecular weight is 368 g/mol. The van der Waals surface area contributed by atoms with Crippen LogP contribution in [0.1, 0.15) is 23.4 Å². The van der Waals surface area contributed by atoms with Gasteiger partial charge in [-0.05, 0) is 55.7 Å². The summed E-state index contributed by atoms with van der Waals surface area (Å²) in [6.45, 7) is 4.76. The van der Waals surface area contributed by atoms with Gasteiger partial charge in [0.25, 0.3) is 10.0 Å². The monoisotopic (exact) mass is 368 g/mol. The van der Waals surface area contributed by atoms with E-state index in [0.717, 1.165) is 47.7 Å². The Morgan fingerprint density at radius 1 is 1.04 bits per heavy atom. The number of anilines is 1. The van der Waals surface area contributed by atoms with Crippen LogP contribution in [0.5, 0.6) is 0 Å². The Balaban J connectivity index is 1.65. The van der Waals surface area contributed by atoms with Crippen LogP contribution in [0.4, 0.5) is 5.69 Å². The second-order valence-electron chi connectivity index (χ2n) is 6.63. The minimum atomic E-state index is -3.64. The van der Waals surface area contributed by atoms with Crippen LogP contribution in [0, 0.1) is 13.8 Å². The van der Waals surface area contributed by atoms with E-state index in [4.69, 9.17) is 0 Å². The van der Waals surface area contributed by atoms with Crippen molar-refractivity contribution >= 4 is 15.7 Å². The van der Waals surface area contributed by atoms with Crippen molar-refractivity contribution in [2.24, 2.45) is 0 Å². The molecule has 0 atom stereocenters. The van der Waals surface area contributed by atoms with Gasteiger partial charge in [-0.1, -0.05) is 18.2 Å². The molecule has 1 aromatic heterocycles. The molecule has 0 radical (unpaired) electrons. The highest BCUT2D eigenvalue weighted by Gasteiger charge is 2.19. The van der Waals surface area contributed by atoms with Crippen molar-refractivity contribution in [3.63, 3.8) is 0 Å². The first-order valence-corrected chi connectivity index (χ1v) is 10.0. The van der Waals surface area contributed by atoms with Crippen molar-refractivity contribution in [1.82, 2.24) is 14.8 Å². The van der Waals surface area contributed by atoms with E-state index in [1.807, 2.05) is 32.0 Å². The van der Waals surface area contributed by atoms with Crippen LogP contribution in [-0.4, -0.2) is 23.2 Å². The number of nitrogens with zero attached hydrogens (tertiary/aromatic N) is 3. The molecule has 1 N–H and O–H groups in total. The van der Waals surface area contributed by atoms with Crippen LogP contribution in [0.2, 0.25) is 0 Å². The van der Waals surface area contributed by atoms with Gasteiger partial charge in [0, 0.05) is 24.2 Å². The van der Waals surface area contributed by atoms with Crippen molar-refractivity contribution in [2.45, 2.75) is 38.1 Å². The summed E-state index contributed by atoms with van der Waals surface area (Å²) in [5.41, 5.74) is 3.37. The Morgan fingerprint density at radius 3 is 2.69 bits per heavy atom. The first-order valence-electron chi connectivity index (χ1n) is 8.57. The molecule has 0 amide bonds. The smallest absolute Gasteiger partial charge is 0.261 e.